The molecule has 2 heterocycles. The van der Waals surface area contributed by atoms with Crippen LogP contribution in [-0.2, 0) is 22.4 Å². The van der Waals surface area contributed by atoms with Crippen LogP contribution in [0.5, 0.6) is 0 Å². The number of anilines is 1. The molecular weight excluding hydrogens is 306 g/mol. The van der Waals surface area contributed by atoms with Gasteiger partial charge < -0.3 is 10.1 Å². The third kappa shape index (κ3) is 4.78. The number of aromatic nitrogens is 2. The molecular formula is C14H19N3O2S2. The fraction of sp³-hybridized carbons (Fsp3) is 0.500. The number of thiazole rings is 2. The lowest BCUT2D eigenvalue weighted by Crippen LogP contribution is -2.05. The highest BCUT2D eigenvalue weighted by molar-refractivity contribution is 7.13. The maximum absolute atomic E-state index is 11.1. The number of carbonyl (C=O) groups excluding carboxylic acids is 1. The molecule has 0 unspecified atom stereocenters. The molecule has 5 nitrogen and oxygen atoms in total. The zero-order valence-electron chi connectivity index (χ0n) is 12.4. The fourth-order valence-electron chi connectivity index (χ4n) is 1.92. The number of nitrogens with zero attached hydrogens (tertiary/aromatic N) is 2. The van der Waals surface area contributed by atoms with E-state index in [4.69, 9.17) is 0 Å². The Labute approximate surface area is 132 Å². The molecule has 0 amide bonds. The first-order chi connectivity index (χ1) is 10.1. The Balaban J connectivity index is 1.77. The Morgan fingerprint density at radius 1 is 1.33 bits per heavy atom. The number of nitrogens with one attached hydrogen (secondary N) is 1. The van der Waals surface area contributed by atoms with Crippen molar-refractivity contribution in [2.45, 2.75) is 33.1 Å². The minimum atomic E-state index is -0.200. The number of ether oxygens (including phenoxy) is 1. The lowest BCUT2D eigenvalue weighted by Gasteiger charge is -2.01. The minimum absolute atomic E-state index is 0.200. The van der Waals surface area contributed by atoms with Crippen LogP contribution in [0.3, 0.4) is 0 Å². The summed E-state index contributed by atoms with van der Waals surface area (Å²) in [7, 11) is 1.40. The van der Waals surface area contributed by atoms with Crippen LogP contribution in [0.15, 0.2) is 5.38 Å². The Bertz CT molecular complexity index is 607. The molecule has 114 valence electrons. The predicted octanol–water partition coefficient (Wildman–Crippen LogP) is 2.98. The van der Waals surface area contributed by atoms with Crippen molar-refractivity contribution >= 4 is 33.8 Å². The molecule has 21 heavy (non-hydrogen) atoms. The number of rotatable bonds is 7. The number of aryl methyl sites for hydroxylation is 3. The van der Waals surface area contributed by atoms with Gasteiger partial charge in [-0.25, -0.2) is 9.97 Å². The van der Waals surface area contributed by atoms with Crippen LogP contribution in [0.25, 0.3) is 0 Å². The first kappa shape index (κ1) is 15.9. The third-order valence-corrected chi connectivity index (χ3v) is 4.97. The minimum Gasteiger partial charge on any atom is -0.469 e. The summed E-state index contributed by atoms with van der Waals surface area (Å²) in [6.45, 7) is 4.92. The van der Waals surface area contributed by atoms with Crippen LogP contribution in [0, 0.1) is 13.8 Å². The maximum Gasteiger partial charge on any atom is 0.305 e. The number of hydrogen-bond donors (Lipinski definition) is 1. The van der Waals surface area contributed by atoms with Crippen molar-refractivity contribution < 1.29 is 9.53 Å². The van der Waals surface area contributed by atoms with E-state index >= 15 is 0 Å². The van der Waals surface area contributed by atoms with Gasteiger partial charge in [-0.2, -0.15) is 0 Å². The maximum atomic E-state index is 11.1. The van der Waals surface area contributed by atoms with Gasteiger partial charge in [0.05, 0.1) is 29.9 Å². The van der Waals surface area contributed by atoms with Gasteiger partial charge in [-0.1, -0.05) is 0 Å². The zero-order valence-corrected chi connectivity index (χ0v) is 14.1. The quantitative estimate of drug-likeness (QED) is 0.793. The molecule has 0 aliphatic heterocycles. The Kier molecular flexibility index (Phi) is 5.69. The van der Waals surface area contributed by atoms with Gasteiger partial charge in [-0.15, -0.1) is 22.7 Å². The van der Waals surface area contributed by atoms with Gasteiger partial charge >= 0.3 is 5.97 Å². The summed E-state index contributed by atoms with van der Waals surface area (Å²) >= 11 is 3.32. The molecule has 0 bridgehead atoms. The molecule has 0 aliphatic rings. The van der Waals surface area contributed by atoms with Crippen molar-refractivity contribution in [2.24, 2.45) is 0 Å². The van der Waals surface area contributed by atoms with Crippen molar-refractivity contribution in [1.82, 2.24) is 9.97 Å². The first-order valence-electron chi connectivity index (χ1n) is 6.76. The van der Waals surface area contributed by atoms with Crippen LogP contribution in [-0.4, -0.2) is 29.6 Å². The summed E-state index contributed by atoms with van der Waals surface area (Å²) < 4.78 is 4.62. The summed E-state index contributed by atoms with van der Waals surface area (Å²) in [5.74, 6) is -0.200. The van der Waals surface area contributed by atoms with E-state index in [0.717, 1.165) is 34.5 Å². The van der Waals surface area contributed by atoms with E-state index in [1.165, 1.54) is 12.0 Å². The average molecular weight is 325 g/mol. The number of methoxy groups -OCH3 is 1. The highest BCUT2D eigenvalue weighted by Gasteiger charge is 2.07. The Morgan fingerprint density at radius 2 is 2.14 bits per heavy atom. The van der Waals surface area contributed by atoms with Gasteiger partial charge in [-0.05, 0) is 13.8 Å². The van der Waals surface area contributed by atoms with E-state index in [2.05, 4.69) is 20.0 Å². The van der Waals surface area contributed by atoms with Crippen molar-refractivity contribution in [3.63, 3.8) is 0 Å². The molecule has 2 aromatic heterocycles. The van der Waals surface area contributed by atoms with Crippen molar-refractivity contribution in [1.29, 1.82) is 0 Å². The topological polar surface area (TPSA) is 64.1 Å². The highest BCUT2D eigenvalue weighted by atomic mass is 32.1. The van der Waals surface area contributed by atoms with Crippen LogP contribution in [0.1, 0.15) is 27.7 Å². The van der Waals surface area contributed by atoms with Gasteiger partial charge in [0, 0.05) is 29.6 Å². The number of esters is 1. The van der Waals surface area contributed by atoms with Gasteiger partial charge in [0.2, 0.25) is 0 Å². The molecule has 2 rings (SSSR count). The molecule has 2 aromatic rings. The molecule has 0 radical (unpaired) electrons. The monoisotopic (exact) mass is 325 g/mol. The van der Waals surface area contributed by atoms with E-state index in [1.807, 2.05) is 19.2 Å². The lowest BCUT2D eigenvalue weighted by molar-refractivity contribution is -0.140. The molecule has 0 fully saturated rings. The van der Waals surface area contributed by atoms with Crippen LogP contribution in [0.4, 0.5) is 5.13 Å². The molecule has 0 saturated carbocycles. The van der Waals surface area contributed by atoms with E-state index in [1.54, 1.807) is 22.7 Å². The Morgan fingerprint density at radius 3 is 2.81 bits per heavy atom. The summed E-state index contributed by atoms with van der Waals surface area (Å²) in [6.07, 6.45) is 1.95. The van der Waals surface area contributed by atoms with Gasteiger partial charge in [0.15, 0.2) is 5.13 Å². The number of carbonyl (C=O) groups is 1. The molecule has 0 atom stereocenters. The summed E-state index contributed by atoms with van der Waals surface area (Å²) in [6, 6.07) is 0. The normalized spacial score (nSPS) is 10.6. The SMILES string of the molecule is COC(=O)CCc1csc(NCCc2sc(C)nc2C)n1. The molecule has 0 saturated heterocycles. The van der Waals surface area contributed by atoms with E-state index < -0.39 is 0 Å². The van der Waals surface area contributed by atoms with Gasteiger partial charge in [0.1, 0.15) is 0 Å². The highest BCUT2D eigenvalue weighted by Crippen LogP contribution is 2.19. The van der Waals surface area contributed by atoms with Crippen molar-refractivity contribution in [3.8, 4) is 0 Å². The summed E-state index contributed by atoms with van der Waals surface area (Å²) in [4.78, 5) is 21.3. The first-order valence-corrected chi connectivity index (χ1v) is 8.46. The zero-order chi connectivity index (χ0) is 15.2. The van der Waals surface area contributed by atoms with Gasteiger partial charge in [-0.3, -0.25) is 4.79 Å². The average Bonchev–Trinajstić information content (AvgIpc) is 3.03. The molecule has 1 N–H and O–H groups in total. The molecule has 0 aromatic carbocycles. The van der Waals surface area contributed by atoms with Crippen molar-refractivity contribution in [2.75, 3.05) is 19.0 Å². The predicted molar refractivity (Wildman–Crippen MR) is 86.2 cm³/mol. The standard InChI is InChI=1S/C14H19N3O2S2/c1-9-12(21-10(2)16-9)6-7-15-14-17-11(8-20-14)4-5-13(18)19-3/h8H,4-7H2,1-3H3,(H,15,17). The molecule has 0 aliphatic carbocycles. The van der Waals surface area contributed by atoms with E-state index in [0.29, 0.717) is 12.8 Å². The third-order valence-electron chi connectivity index (χ3n) is 2.99. The van der Waals surface area contributed by atoms with Gasteiger partial charge in [0.25, 0.3) is 0 Å². The van der Waals surface area contributed by atoms with Crippen LogP contribution in [0.2, 0.25) is 0 Å². The second-order valence-electron chi connectivity index (χ2n) is 4.64. The summed E-state index contributed by atoms with van der Waals surface area (Å²) in [5.41, 5.74) is 2.05. The second kappa shape index (κ2) is 7.51. The smallest absolute Gasteiger partial charge is 0.305 e. The van der Waals surface area contributed by atoms with Crippen LogP contribution < -0.4 is 5.32 Å². The summed E-state index contributed by atoms with van der Waals surface area (Å²) in [5, 5.41) is 7.31. The molecule has 0 spiro atoms. The fourth-order valence-corrected chi connectivity index (χ4v) is 3.63. The lowest BCUT2D eigenvalue weighted by atomic mass is 10.2. The van der Waals surface area contributed by atoms with E-state index in [-0.39, 0.29) is 5.97 Å². The van der Waals surface area contributed by atoms with E-state index in [9.17, 15) is 4.79 Å². The van der Waals surface area contributed by atoms with Crippen LogP contribution >= 0.6 is 22.7 Å². The molecule has 7 heteroatoms. The van der Waals surface area contributed by atoms with Crippen molar-refractivity contribution in [3.05, 3.63) is 26.7 Å². The second-order valence-corrected chi connectivity index (χ2v) is 6.78. The Hall–Kier alpha value is -1.47. The number of hydrogen-bond acceptors (Lipinski definition) is 7. The largest absolute Gasteiger partial charge is 0.469 e.